The molecule has 0 radical (unpaired) electrons. The summed E-state index contributed by atoms with van der Waals surface area (Å²) in [6, 6.07) is -0.0752. The van der Waals surface area contributed by atoms with Gasteiger partial charge in [0.15, 0.2) is 0 Å². The number of nitrogens with zero attached hydrogens (tertiary/aromatic N) is 1. The minimum absolute atomic E-state index is 0.0552. The van der Waals surface area contributed by atoms with E-state index in [1.165, 1.54) is 6.42 Å². The summed E-state index contributed by atoms with van der Waals surface area (Å²) in [4.78, 5) is 26.1. The van der Waals surface area contributed by atoms with Crippen molar-refractivity contribution in [3.8, 4) is 0 Å². The predicted molar refractivity (Wildman–Crippen MR) is 82.9 cm³/mol. The zero-order valence-corrected chi connectivity index (χ0v) is 13.2. The normalized spacial score (nSPS) is 26.4. The van der Waals surface area contributed by atoms with Crippen molar-refractivity contribution >= 4 is 11.8 Å². The maximum Gasteiger partial charge on any atom is 0.237 e. The standard InChI is InChI=1S/C16H29N3O2/c1-2-13-6-8-17-14(12-13)16(21)18-9-7-15(20)19-10-4-3-5-11-19/h13-14,17H,2-12H2,1H3,(H,18,21). The van der Waals surface area contributed by atoms with E-state index in [9.17, 15) is 9.59 Å². The molecule has 2 rings (SSSR count). The summed E-state index contributed by atoms with van der Waals surface area (Å²) in [7, 11) is 0. The van der Waals surface area contributed by atoms with Crippen molar-refractivity contribution in [3.63, 3.8) is 0 Å². The van der Waals surface area contributed by atoms with Gasteiger partial charge in [-0.05, 0) is 44.6 Å². The smallest absolute Gasteiger partial charge is 0.237 e. The first-order valence-corrected chi connectivity index (χ1v) is 8.49. The summed E-state index contributed by atoms with van der Waals surface area (Å²) in [5.74, 6) is 0.884. The lowest BCUT2D eigenvalue weighted by molar-refractivity contribution is -0.132. The Kier molecular flexibility index (Phi) is 6.49. The summed E-state index contributed by atoms with van der Waals surface area (Å²) in [6.45, 7) is 5.33. The molecule has 2 atom stereocenters. The van der Waals surface area contributed by atoms with Gasteiger partial charge in [-0.3, -0.25) is 9.59 Å². The van der Waals surface area contributed by atoms with Crippen LogP contribution >= 0.6 is 0 Å². The van der Waals surface area contributed by atoms with Crippen LogP contribution in [0.1, 0.15) is 51.9 Å². The van der Waals surface area contributed by atoms with Crippen LogP contribution < -0.4 is 10.6 Å². The monoisotopic (exact) mass is 295 g/mol. The molecule has 0 aromatic rings. The summed E-state index contributed by atoms with van der Waals surface area (Å²) in [5, 5.41) is 6.20. The Hall–Kier alpha value is -1.10. The molecule has 2 fully saturated rings. The van der Waals surface area contributed by atoms with E-state index >= 15 is 0 Å². The third-order valence-electron chi connectivity index (χ3n) is 4.75. The second-order valence-corrected chi connectivity index (χ2v) is 6.29. The van der Waals surface area contributed by atoms with Gasteiger partial charge in [0.05, 0.1) is 6.04 Å². The van der Waals surface area contributed by atoms with Crippen molar-refractivity contribution in [3.05, 3.63) is 0 Å². The second-order valence-electron chi connectivity index (χ2n) is 6.29. The zero-order chi connectivity index (χ0) is 15.1. The van der Waals surface area contributed by atoms with Gasteiger partial charge in [-0.2, -0.15) is 0 Å². The first kappa shape index (κ1) is 16.3. The van der Waals surface area contributed by atoms with E-state index in [0.717, 1.165) is 51.7 Å². The van der Waals surface area contributed by atoms with Crippen molar-refractivity contribution in [2.75, 3.05) is 26.2 Å². The molecule has 5 nitrogen and oxygen atoms in total. The Balaban J connectivity index is 1.65. The molecule has 120 valence electrons. The van der Waals surface area contributed by atoms with E-state index in [-0.39, 0.29) is 17.9 Å². The van der Waals surface area contributed by atoms with Gasteiger partial charge in [0, 0.05) is 26.1 Å². The predicted octanol–water partition coefficient (Wildman–Crippen LogP) is 1.28. The van der Waals surface area contributed by atoms with Crippen LogP contribution in [0.5, 0.6) is 0 Å². The molecule has 0 aliphatic carbocycles. The lowest BCUT2D eigenvalue weighted by Crippen LogP contribution is -2.49. The molecule has 2 saturated heterocycles. The second kappa shape index (κ2) is 8.37. The molecule has 0 saturated carbocycles. The number of carbonyl (C=O) groups excluding carboxylic acids is 2. The molecule has 2 aliphatic rings. The third-order valence-corrected chi connectivity index (χ3v) is 4.75. The Bertz CT molecular complexity index is 353. The van der Waals surface area contributed by atoms with E-state index in [2.05, 4.69) is 17.6 Å². The van der Waals surface area contributed by atoms with Gasteiger partial charge < -0.3 is 15.5 Å². The van der Waals surface area contributed by atoms with E-state index in [1.807, 2.05) is 4.90 Å². The number of hydrogen-bond acceptors (Lipinski definition) is 3. The highest BCUT2D eigenvalue weighted by atomic mass is 16.2. The van der Waals surface area contributed by atoms with Crippen LogP contribution in [0.25, 0.3) is 0 Å². The SMILES string of the molecule is CCC1CCNC(C(=O)NCCC(=O)N2CCCCC2)C1. The molecule has 2 amide bonds. The largest absolute Gasteiger partial charge is 0.354 e. The summed E-state index contributed by atoms with van der Waals surface area (Å²) < 4.78 is 0. The summed E-state index contributed by atoms with van der Waals surface area (Å²) in [5.41, 5.74) is 0. The molecule has 0 spiro atoms. The van der Waals surface area contributed by atoms with Crippen LogP contribution in [0.2, 0.25) is 0 Å². The minimum Gasteiger partial charge on any atom is -0.354 e. The Morgan fingerprint density at radius 1 is 1.24 bits per heavy atom. The van der Waals surface area contributed by atoms with Crippen LogP contribution in [0.4, 0.5) is 0 Å². The molecule has 2 N–H and O–H groups in total. The number of hydrogen-bond donors (Lipinski definition) is 2. The van der Waals surface area contributed by atoms with Crippen LogP contribution in [0.3, 0.4) is 0 Å². The van der Waals surface area contributed by atoms with E-state index < -0.39 is 0 Å². The Morgan fingerprint density at radius 3 is 2.71 bits per heavy atom. The van der Waals surface area contributed by atoms with Crippen LogP contribution in [-0.2, 0) is 9.59 Å². The summed E-state index contributed by atoms with van der Waals surface area (Å²) in [6.07, 6.45) is 7.10. The van der Waals surface area contributed by atoms with Crippen molar-refractivity contribution in [1.82, 2.24) is 15.5 Å². The van der Waals surface area contributed by atoms with Crippen molar-refractivity contribution < 1.29 is 9.59 Å². The van der Waals surface area contributed by atoms with Gasteiger partial charge in [0.1, 0.15) is 0 Å². The van der Waals surface area contributed by atoms with Crippen molar-refractivity contribution in [2.24, 2.45) is 5.92 Å². The van der Waals surface area contributed by atoms with Gasteiger partial charge in [0.2, 0.25) is 11.8 Å². The number of rotatable bonds is 5. The third kappa shape index (κ3) is 4.99. The topological polar surface area (TPSA) is 61.4 Å². The van der Waals surface area contributed by atoms with Gasteiger partial charge in [-0.25, -0.2) is 0 Å². The molecule has 2 heterocycles. The lowest BCUT2D eigenvalue weighted by atomic mass is 9.90. The fourth-order valence-corrected chi connectivity index (χ4v) is 3.28. The summed E-state index contributed by atoms with van der Waals surface area (Å²) >= 11 is 0. The van der Waals surface area contributed by atoms with Crippen LogP contribution in [0, 0.1) is 5.92 Å². The highest BCUT2D eigenvalue weighted by Gasteiger charge is 2.25. The zero-order valence-electron chi connectivity index (χ0n) is 13.2. The van der Waals surface area contributed by atoms with E-state index in [0.29, 0.717) is 18.9 Å². The quantitative estimate of drug-likeness (QED) is 0.803. The maximum atomic E-state index is 12.1. The number of carbonyl (C=O) groups is 2. The maximum absolute atomic E-state index is 12.1. The Labute approximate surface area is 127 Å². The van der Waals surface area contributed by atoms with E-state index in [4.69, 9.17) is 0 Å². The molecule has 5 heteroatoms. The lowest BCUT2D eigenvalue weighted by Gasteiger charge is -2.29. The van der Waals surface area contributed by atoms with Gasteiger partial charge >= 0.3 is 0 Å². The van der Waals surface area contributed by atoms with Crippen LogP contribution in [0.15, 0.2) is 0 Å². The first-order valence-electron chi connectivity index (χ1n) is 8.49. The Morgan fingerprint density at radius 2 is 2.00 bits per heavy atom. The molecular weight excluding hydrogens is 266 g/mol. The fraction of sp³-hybridized carbons (Fsp3) is 0.875. The highest BCUT2D eigenvalue weighted by molar-refractivity contribution is 5.83. The highest BCUT2D eigenvalue weighted by Crippen LogP contribution is 2.19. The number of piperidine rings is 2. The minimum atomic E-state index is -0.0752. The molecule has 0 aromatic carbocycles. The molecule has 0 aromatic heterocycles. The van der Waals surface area contributed by atoms with Gasteiger partial charge in [0.25, 0.3) is 0 Å². The molecular formula is C16H29N3O2. The van der Waals surface area contributed by atoms with Gasteiger partial charge in [-0.1, -0.05) is 13.3 Å². The molecule has 2 unspecified atom stereocenters. The fourth-order valence-electron chi connectivity index (χ4n) is 3.28. The average Bonchev–Trinajstić information content (AvgIpc) is 2.55. The number of amides is 2. The van der Waals surface area contributed by atoms with Gasteiger partial charge in [-0.15, -0.1) is 0 Å². The molecule has 2 aliphatic heterocycles. The number of likely N-dealkylation sites (tertiary alicyclic amines) is 1. The van der Waals surface area contributed by atoms with Crippen molar-refractivity contribution in [2.45, 2.75) is 57.9 Å². The van der Waals surface area contributed by atoms with Crippen molar-refractivity contribution in [1.29, 1.82) is 0 Å². The molecule has 0 bridgehead atoms. The first-order chi connectivity index (χ1) is 10.2. The van der Waals surface area contributed by atoms with E-state index in [1.54, 1.807) is 0 Å². The molecule has 21 heavy (non-hydrogen) atoms. The average molecular weight is 295 g/mol. The van der Waals surface area contributed by atoms with Crippen LogP contribution in [-0.4, -0.2) is 48.9 Å². The number of nitrogens with one attached hydrogen (secondary N) is 2.